The van der Waals surface area contributed by atoms with Gasteiger partial charge in [0.15, 0.2) is 0 Å². The second kappa shape index (κ2) is 6.40. The fourth-order valence-electron chi connectivity index (χ4n) is 1.73. The van der Waals surface area contributed by atoms with Crippen LogP contribution in [-0.4, -0.2) is 12.6 Å². The van der Waals surface area contributed by atoms with E-state index in [0.717, 1.165) is 17.8 Å². The van der Waals surface area contributed by atoms with Crippen LogP contribution >= 0.6 is 11.6 Å². The van der Waals surface area contributed by atoms with Gasteiger partial charge in [0.05, 0.1) is 12.5 Å². The Balaban J connectivity index is 2.96. The summed E-state index contributed by atoms with van der Waals surface area (Å²) in [4.78, 5) is 2.22. The number of anilines is 1. The van der Waals surface area contributed by atoms with E-state index in [0.29, 0.717) is 18.3 Å². The second-order valence-corrected chi connectivity index (χ2v) is 4.22. The Bertz CT molecular complexity index is 368. The van der Waals surface area contributed by atoms with Crippen molar-refractivity contribution in [3.05, 3.63) is 29.8 Å². The van der Waals surface area contributed by atoms with Gasteiger partial charge in [0.2, 0.25) is 0 Å². The largest absolute Gasteiger partial charge is 0.368 e. The zero-order valence-electron chi connectivity index (χ0n) is 9.78. The Morgan fingerprint density at radius 1 is 1.38 bits per heavy atom. The Kier molecular flexibility index (Phi) is 5.14. The normalized spacial score (nSPS) is 10.2. The van der Waals surface area contributed by atoms with Gasteiger partial charge in [0.25, 0.3) is 0 Å². The summed E-state index contributed by atoms with van der Waals surface area (Å²) >= 11 is 5.92. The van der Waals surface area contributed by atoms with Crippen LogP contribution in [0.4, 0.5) is 5.69 Å². The van der Waals surface area contributed by atoms with Crippen LogP contribution in [-0.2, 0) is 5.88 Å². The molecule has 2 nitrogen and oxygen atoms in total. The molecule has 3 heteroatoms. The van der Waals surface area contributed by atoms with Crippen molar-refractivity contribution in [1.29, 1.82) is 5.26 Å². The van der Waals surface area contributed by atoms with Crippen molar-refractivity contribution in [1.82, 2.24) is 0 Å². The van der Waals surface area contributed by atoms with Crippen molar-refractivity contribution < 1.29 is 0 Å². The molecule has 16 heavy (non-hydrogen) atoms. The van der Waals surface area contributed by atoms with Crippen LogP contribution in [0.15, 0.2) is 24.3 Å². The number of alkyl halides is 1. The zero-order valence-corrected chi connectivity index (χ0v) is 10.5. The molecule has 0 aliphatic rings. The number of para-hydroxylation sites is 1. The first-order valence-corrected chi connectivity index (χ1v) is 6.01. The molecule has 0 aromatic heterocycles. The lowest BCUT2D eigenvalue weighted by molar-refractivity contribution is 0.684. The van der Waals surface area contributed by atoms with E-state index in [4.69, 9.17) is 16.9 Å². The summed E-state index contributed by atoms with van der Waals surface area (Å²) in [6.45, 7) is 5.01. The maximum atomic E-state index is 8.67. The van der Waals surface area contributed by atoms with Crippen LogP contribution in [0.1, 0.15) is 25.8 Å². The molecule has 86 valence electrons. The van der Waals surface area contributed by atoms with E-state index in [2.05, 4.69) is 30.9 Å². The average Bonchev–Trinajstić information content (AvgIpc) is 2.29. The van der Waals surface area contributed by atoms with Gasteiger partial charge in [0.1, 0.15) is 0 Å². The Labute approximate surface area is 102 Å². The SMILES string of the molecule is CC(C)N(CCC#N)c1ccccc1CCl. The minimum absolute atomic E-state index is 0.373. The third-order valence-corrected chi connectivity index (χ3v) is 2.82. The summed E-state index contributed by atoms with van der Waals surface area (Å²) in [5.74, 6) is 0.506. The molecule has 0 spiro atoms. The first-order chi connectivity index (χ1) is 7.70. The molecule has 0 fully saturated rings. The molecule has 1 aromatic carbocycles. The van der Waals surface area contributed by atoms with Crippen molar-refractivity contribution >= 4 is 17.3 Å². The summed E-state index contributed by atoms with van der Waals surface area (Å²) in [6.07, 6.45) is 0.537. The fraction of sp³-hybridized carbons (Fsp3) is 0.462. The second-order valence-electron chi connectivity index (χ2n) is 3.96. The Hall–Kier alpha value is -1.20. The number of hydrogen-bond donors (Lipinski definition) is 0. The van der Waals surface area contributed by atoms with Crippen molar-refractivity contribution in [2.75, 3.05) is 11.4 Å². The Morgan fingerprint density at radius 2 is 2.06 bits per heavy atom. The van der Waals surface area contributed by atoms with Crippen molar-refractivity contribution in [3.8, 4) is 6.07 Å². The van der Waals surface area contributed by atoms with Crippen LogP contribution in [0, 0.1) is 11.3 Å². The number of rotatable bonds is 5. The van der Waals surface area contributed by atoms with E-state index in [9.17, 15) is 0 Å². The molecule has 0 aliphatic heterocycles. The molecule has 1 rings (SSSR count). The Morgan fingerprint density at radius 3 is 2.62 bits per heavy atom. The molecular formula is C13H17ClN2. The van der Waals surface area contributed by atoms with Crippen LogP contribution < -0.4 is 4.90 Å². The van der Waals surface area contributed by atoms with Gasteiger partial charge < -0.3 is 4.90 Å². The monoisotopic (exact) mass is 236 g/mol. The highest BCUT2D eigenvalue weighted by Crippen LogP contribution is 2.24. The highest BCUT2D eigenvalue weighted by atomic mass is 35.5. The van der Waals surface area contributed by atoms with E-state index >= 15 is 0 Å². The molecule has 0 N–H and O–H groups in total. The van der Waals surface area contributed by atoms with Crippen molar-refractivity contribution in [3.63, 3.8) is 0 Å². The quantitative estimate of drug-likeness (QED) is 0.731. The van der Waals surface area contributed by atoms with Gasteiger partial charge >= 0.3 is 0 Å². The molecule has 0 saturated carbocycles. The van der Waals surface area contributed by atoms with Crippen LogP contribution in [0.5, 0.6) is 0 Å². The highest BCUT2D eigenvalue weighted by Gasteiger charge is 2.12. The van der Waals surface area contributed by atoms with E-state index < -0.39 is 0 Å². The number of hydrogen-bond acceptors (Lipinski definition) is 2. The third-order valence-electron chi connectivity index (χ3n) is 2.53. The lowest BCUT2D eigenvalue weighted by Crippen LogP contribution is -2.32. The molecule has 0 unspecified atom stereocenters. The molecule has 0 atom stereocenters. The van der Waals surface area contributed by atoms with Crippen LogP contribution in [0.2, 0.25) is 0 Å². The smallest absolute Gasteiger partial charge is 0.0640 e. The highest BCUT2D eigenvalue weighted by molar-refractivity contribution is 6.17. The molecule has 0 radical (unpaired) electrons. The molecular weight excluding hydrogens is 220 g/mol. The lowest BCUT2D eigenvalue weighted by Gasteiger charge is -2.29. The number of halogens is 1. The van der Waals surface area contributed by atoms with Crippen molar-refractivity contribution in [2.45, 2.75) is 32.2 Å². The maximum Gasteiger partial charge on any atom is 0.0640 e. The molecule has 0 saturated heterocycles. The maximum absolute atomic E-state index is 8.67. The van der Waals surface area contributed by atoms with E-state index in [1.54, 1.807) is 0 Å². The standard InChI is InChI=1S/C13H17ClN2/c1-11(2)16(9-5-8-15)13-7-4-3-6-12(13)10-14/h3-4,6-7,11H,5,9-10H2,1-2H3. The molecule has 0 heterocycles. The van der Waals surface area contributed by atoms with Crippen molar-refractivity contribution in [2.24, 2.45) is 0 Å². The predicted molar refractivity (Wildman–Crippen MR) is 68.7 cm³/mol. The van der Waals surface area contributed by atoms with Crippen LogP contribution in [0.3, 0.4) is 0 Å². The van der Waals surface area contributed by atoms with E-state index in [1.165, 1.54) is 0 Å². The lowest BCUT2D eigenvalue weighted by atomic mass is 10.1. The predicted octanol–water partition coefficient (Wildman–Crippen LogP) is 3.55. The summed E-state index contributed by atoms with van der Waals surface area (Å²) in [6, 6.07) is 10.7. The molecule has 0 amide bonds. The molecule has 0 aliphatic carbocycles. The number of benzene rings is 1. The topological polar surface area (TPSA) is 27.0 Å². The number of nitriles is 1. The first kappa shape index (κ1) is 12.9. The summed E-state index contributed by atoms with van der Waals surface area (Å²) in [5.41, 5.74) is 2.26. The van der Waals surface area contributed by atoms with Gasteiger partial charge in [0, 0.05) is 24.2 Å². The first-order valence-electron chi connectivity index (χ1n) is 5.48. The van der Waals surface area contributed by atoms with Crippen LogP contribution in [0.25, 0.3) is 0 Å². The summed E-state index contributed by atoms with van der Waals surface area (Å²) in [5, 5.41) is 8.67. The summed E-state index contributed by atoms with van der Waals surface area (Å²) < 4.78 is 0. The fourth-order valence-corrected chi connectivity index (χ4v) is 1.96. The molecule has 1 aromatic rings. The summed E-state index contributed by atoms with van der Waals surface area (Å²) in [7, 11) is 0. The average molecular weight is 237 g/mol. The van der Waals surface area contributed by atoms with E-state index in [1.807, 2.05) is 18.2 Å². The molecule has 0 bridgehead atoms. The minimum atomic E-state index is 0.373. The van der Waals surface area contributed by atoms with Gasteiger partial charge in [-0.05, 0) is 25.5 Å². The number of nitrogens with zero attached hydrogens (tertiary/aromatic N) is 2. The van der Waals surface area contributed by atoms with Gasteiger partial charge in [-0.25, -0.2) is 0 Å². The third kappa shape index (κ3) is 3.15. The van der Waals surface area contributed by atoms with Gasteiger partial charge in [-0.3, -0.25) is 0 Å². The van der Waals surface area contributed by atoms with Gasteiger partial charge in [-0.15, -0.1) is 11.6 Å². The van der Waals surface area contributed by atoms with Gasteiger partial charge in [-0.2, -0.15) is 5.26 Å². The van der Waals surface area contributed by atoms with E-state index in [-0.39, 0.29) is 0 Å². The minimum Gasteiger partial charge on any atom is -0.368 e. The zero-order chi connectivity index (χ0) is 12.0. The van der Waals surface area contributed by atoms with Gasteiger partial charge in [-0.1, -0.05) is 18.2 Å².